The lowest BCUT2D eigenvalue weighted by atomic mass is 9.93. The number of imidazole rings is 1. The fourth-order valence-electron chi connectivity index (χ4n) is 4.06. The van der Waals surface area contributed by atoms with E-state index >= 15 is 0 Å². The Hall–Kier alpha value is -2.17. The Morgan fingerprint density at radius 1 is 1.12 bits per heavy atom. The van der Waals surface area contributed by atoms with Crippen molar-refractivity contribution in [1.29, 1.82) is 0 Å². The molecule has 0 bridgehead atoms. The zero-order valence-electron chi connectivity index (χ0n) is 14.0. The molecular formula is C19H24N4O. The van der Waals surface area contributed by atoms with E-state index in [1.165, 1.54) is 12.8 Å². The smallest absolute Gasteiger partial charge is 0.225 e. The Morgan fingerprint density at radius 2 is 2.00 bits per heavy atom. The molecule has 5 nitrogen and oxygen atoms in total. The van der Waals surface area contributed by atoms with Gasteiger partial charge in [0.05, 0.1) is 0 Å². The fourth-order valence-corrected chi connectivity index (χ4v) is 4.06. The third kappa shape index (κ3) is 3.07. The lowest BCUT2D eigenvalue weighted by molar-refractivity contribution is -0.136. The van der Waals surface area contributed by atoms with Gasteiger partial charge >= 0.3 is 0 Å². The predicted molar refractivity (Wildman–Crippen MR) is 91.9 cm³/mol. The summed E-state index contributed by atoms with van der Waals surface area (Å²) in [6.07, 6.45) is 12.2. The van der Waals surface area contributed by atoms with E-state index < -0.39 is 0 Å². The Labute approximate surface area is 142 Å². The average molecular weight is 324 g/mol. The van der Waals surface area contributed by atoms with E-state index in [2.05, 4.69) is 22.0 Å². The molecule has 126 valence electrons. The van der Waals surface area contributed by atoms with Crippen LogP contribution in [0.15, 0.2) is 36.9 Å². The van der Waals surface area contributed by atoms with Gasteiger partial charge in [0.1, 0.15) is 12.1 Å². The van der Waals surface area contributed by atoms with Crippen LogP contribution < -0.4 is 0 Å². The summed E-state index contributed by atoms with van der Waals surface area (Å²) in [6, 6.07) is 6.14. The predicted octanol–water partition coefficient (Wildman–Crippen LogP) is 3.16. The van der Waals surface area contributed by atoms with Gasteiger partial charge in [-0.1, -0.05) is 18.9 Å². The molecule has 4 rings (SSSR count). The first kappa shape index (κ1) is 15.4. The highest BCUT2D eigenvalue weighted by atomic mass is 16.2. The minimum atomic E-state index is 0.272. The summed E-state index contributed by atoms with van der Waals surface area (Å²) in [4.78, 5) is 23.7. The summed E-state index contributed by atoms with van der Waals surface area (Å²) in [5, 5.41) is 0. The van der Waals surface area contributed by atoms with Gasteiger partial charge in [0.25, 0.3) is 0 Å². The largest absolute Gasteiger partial charge is 0.342 e. The van der Waals surface area contributed by atoms with Crippen LogP contribution >= 0.6 is 0 Å². The van der Waals surface area contributed by atoms with Crippen molar-refractivity contribution >= 4 is 5.91 Å². The van der Waals surface area contributed by atoms with Crippen LogP contribution in [-0.2, 0) is 4.79 Å². The molecule has 1 atom stereocenters. The number of hydrogen-bond acceptors (Lipinski definition) is 3. The highest BCUT2D eigenvalue weighted by molar-refractivity contribution is 5.79. The van der Waals surface area contributed by atoms with Gasteiger partial charge in [0, 0.05) is 43.0 Å². The molecule has 24 heavy (non-hydrogen) atoms. The van der Waals surface area contributed by atoms with Crippen LogP contribution in [0.4, 0.5) is 0 Å². The first-order chi connectivity index (χ1) is 11.8. The van der Waals surface area contributed by atoms with Crippen molar-refractivity contribution in [3.8, 4) is 5.82 Å². The Kier molecular flexibility index (Phi) is 4.32. The molecule has 0 unspecified atom stereocenters. The van der Waals surface area contributed by atoms with E-state index in [-0.39, 0.29) is 5.92 Å². The van der Waals surface area contributed by atoms with E-state index in [1.807, 2.05) is 16.8 Å². The molecular weight excluding hydrogens is 300 g/mol. The third-order valence-corrected chi connectivity index (χ3v) is 5.38. The van der Waals surface area contributed by atoms with Crippen LogP contribution in [-0.4, -0.2) is 38.4 Å². The standard InChI is InChI=1S/C19H24N4O/c24-19(15-5-1-2-6-15)22-11-4-7-16(13-22)17-8-3-9-18(21-17)23-12-10-20-14-23/h3,8-10,12,14-16H,1-2,4-7,11,13H2/t16-/m1/s1. The summed E-state index contributed by atoms with van der Waals surface area (Å²) in [5.74, 6) is 1.88. The molecule has 1 amide bonds. The SMILES string of the molecule is O=C(C1CCCC1)N1CCC[C@@H](c2cccc(-n3ccnc3)n2)C1. The number of likely N-dealkylation sites (tertiary alicyclic amines) is 1. The van der Waals surface area contributed by atoms with Crippen molar-refractivity contribution in [3.63, 3.8) is 0 Å². The van der Waals surface area contributed by atoms with Gasteiger partial charge in [-0.05, 0) is 37.8 Å². The number of piperidine rings is 1. The van der Waals surface area contributed by atoms with Gasteiger partial charge in [-0.3, -0.25) is 9.36 Å². The van der Waals surface area contributed by atoms with Crippen molar-refractivity contribution < 1.29 is 4.79 Å². The molecule has 2 fully saturated rings. The quantitative estimate of drug-likeness (QED) is 0.871. The number of carbonyl (C=O) groups is 1. The topological polar surface area (TPSA) is 51.0 Å². The van der Waals surface area contributed by atoms with Gasteiger partial charge in [0.15, 0.2) is 0 Å². The summed E-state index contributed by atoms with van der Waals surface area (Å²) >= 11 is 0. The monoisotopic (exact) mass is 324 g/mol. The molecule has 2 aliphatic rings. The lowest BCUT2D eigenvalue weighted by Gasteiger charge is -2.34. The summed E-state index contributed by atoms with van der Waals surface area (Å²) < 4.78 is 1.92. The second-order valence-corrected chi connectivity index (χ2v) is 7.00. The van der Waals surface area contributed by atoms with Crippen LogP contribution in [0.2, 0.25) is 0 Å². The molecule has 1 aliphatic heterocycles. The zero-order chi connectivity index (χ0) is 16.4. The maximum atomic E-state index is 12.7. The van der Waals surface area contributed by atoms with Crippen molar-refractivity contribution in [2.24, 2.45) is 5.92 Å². The fraction of sp³-hybridized carbons (Fsp3) is 0.526. The first-order valence-corrected chi connectivity index (χ1v) is 9.05. The molecule has 1 saturated carbocycles. The second-order valence-electron chi connectivity index (χ2n) is 7.00. The minimum Gasteiger partial charge on any atom is -0.342 e. The van der Waals surface area contributed by atoms with Gasteiger partial charge in [-0.15, -0.1) is 0 Å². The highest BCUT2D eigenvalue weighted by Crippen LogP contribution is 2.31. The molecule has 5 heteroatoms. The maximum absolute atomic E-state index is 12.7. The molecule has 1 aliphatic carbocycles. The normalized spacial score (nSPS) is 22.0. The summed E-state index contributed by atoms with van der Waals surface area (Å²) in [5.41, 5.74) is 1.09. The third-order valence-electron chi connectivity index (χ3n) is 5.38. The van der Waals surface area contributed by atoms with Gasteiger partial charge in [-0.25, -0.2) is 9.97 Å². The second kappa shape index (κ2) is 6.75. The molecule has 3 heterocycles. The van der Waals surface area contributed by atoms with Crippen LogP contribution in [0.1, 0.15) is 50.1 Å². The van der Waals surface area contributed by atoms with Gasteiger partial charge in [0.2, 0.25) is 5.91 Å². The Morgan fingerprint density at radius 3 is 2.79 bits per heavy atom. The summed E-state index contributed by atoms with van der Waals surface area (Å²) in [6.45, 7) is 1.72. The summed E-state index contributed by atoms with van der Waals surface area (Å²) in [7, 11) is 0. The number of aromatic nitrogens is 3. The van der Waals surface area contributed by atoms with Crippen molar-refractivity contribution in [3.05, 3.63) is 42.6 Å². The number of amides is 1. The number of carbonyl (C=O) groups excluding carboxylic acids is 1. The highest BCUT2D eigenvalue weighted by Gasteiger charge is 2.31. The van der Waals surface area contributed by atoms with Gasteiger partial charge in [-0.2, -0.15) is 0 Å². The Bertz CT molecular complexity index is 691. The molecule has 0 radical (unpaired) electrons. The van der Waals surface area contributed by atoms with Crippen LogP contribution in [0, 0.1) is 5.92 Å². The first-order valence-electron chi connectivity index (χ1n) is 9.05. The van der Waals surface area contributed by atoms with E-state index in [4.69, 9.17) is 4.98 Å². The van der Waals surface area contributed by atoms with Crippen LogP contribution in [0.5, 0.6) is 0 Å². The van der Waals surface area contributed by atoms with E-state index in [1.54, 1.807) is 12.5 Å². The molecule has 2 aromatic heterocycles. The minimum absolute atomic E-state index is 0.272. The van der Waals surface area contributed by atoms with Gasteiger partial charge < -0.3 is 4.90 Å². The zero-order valence-corrected chi connectivity index (χ0v) is 14.0. The number of pyridine rings is 1. The lowest BCUT2D eigenvalue weighted by Crippen LogP contribution is -2.42. The van der Waals surface area contributed by atoms with E-state index in [0.717, 1.165) is 50.3 Å². The molecule has 2 aromatic rings. The molecule has 0 spiro atoms. The van der Waals surface area contributed by atoms with E-state index in [0.29, 0.717) is 11.8 Å². The van der Waals surface area contributed by atoms with Crippen molar-refractivity contribution in [1.82, 2.24) is 19.4 Å². The van der Waals surface area contributed by atoms with Crippen molar-refractivity contribution in [2.45, 2.75) is 44.4 Å². The molecule has 1 saturated heterocycles. The maximum Gasteiger partial charge on any atom is 0.225 e. The van der Waals surface area contributed by atoms with Crippen LogP contribution in [0.25, 0.3) is 5.82 Å². The molecule has 0 aromatic carbocycles. The number of nitrogens with zero attached hydrogens (tertiary/aromatic N) is 4. The van der Waals surface area contributed by atoms with Crippen LogP contribution in [0.3, 0.4) is 0 Å². The number of rotatable bonds is 3. The molecule has 0 N–H and O–H groups in total. The number of hydrogen-bond donors (Lipinski definition) is 0. The van der Waals surface area contributed by atoms with E-state index in [9.17, 15) is 4.79 Å². The Balaban J connectivity index is 1.50. The average Bonchev–Trinajstić information content (AvgIpc) is 3.35. The van der Waals surface area contributed by atoms with Crippen molar-refractivity contribution in [2.75, 3.05) is 13.1 Å².